The number of aromatic nitrogens is 2. The summed E-state index contributed by atoms with van der Waals surface area (Å²) in [6.07, 6.45) is 3.64. The van der Waals surface area contributed by atoms with Crippen LogP contribution in [0.4, 0.5) is 0 Å². The predicted octanol–water partition coefficient (Wildman–Crippen LogP) is 4.56. The number of aromatic hydroxyl groups is 1. The Morgan fingerprint density at radius 3 is 2.40 bits per heavy atom. The number of rotatable bonds is 3. The highest BCUT2D eigenvalue weighted by atomic mass is 16.5. The second-order valence-electron chi connectivity index (χ2n) is 5.91. The zero-order valence-corrected chi connectivity index (χ0v) is 15.0. The first-order chi connectivity index (χ1) is 12.0. The molecule has 0 saturated heterocycles. The van der Waals surface area contributed by atoms with Gasteiger partial charge in [-0.1, -0.05) is 31.5 Å². The Morgan fingerprint density at radius 2 is 1.84 bits per heavy atom. The van der Waals surface area contributed by atoms with E-state index in [4.69, 9.17) is 4.52 Å². The molecule has 2 N–H and O–H groups in total. The van der Waals surface area contributed by atoms with Crippen molar-refractivity contribution >= 4 is 0 Å². The molecule has 0 spiro atoms. The van der Waals surface area contributed by atoms with E-state index in [1.165, 1.54) is 6.42 Å². The van der Waals surface area contributed by atoms with E-state index in [0.29, 0.717) is 16.9 Å². The number of hydrogen-bond donors (Lipinski definition) is 2. The predicted molar refractivity (Wildman–Crippen MR) is 97.3 cm³/mol. The molecule has 0 bridgehead atoms. The minimum absolute atomic E-state index is 0.0791. The average Bonchev–Trinajstić information content (AvgIpc) is 2.94. The number of aryl methyl sites for hydroxylation is 2. The summed E-state index contributed by atoms with van der Waals surface area (Å²) in [6, 6.07) is 8.54. The van der Waals surface area contributed by atoms with E-state index in [0.717, 1.165) is 16.8 Å². The summed E-state index contributed by atoms with van der Waals surface area (Å²) in [7, 11) is 0. The third kappa shape index (κ3) is 4.45. The van der Waals surface area contributed by atoms with E-state index >= 15 is 0 Å². The molecular formula is C20H24N2O3. The minimum atomic E-state index is -0.861. The van der Waals surface area contributed by atoms with Crippen LogP contribution in [0.5, 0.6) is 5.75 Å². The minimum Gasteiger partial charge on any atom is -0.508 e. The SMILES string of the molecule is CCC.Cc1noc(C)c1-c1cc(O)cc(C(O)c2cccnc2)c1. The van der Waals surface area contributed by atoms with Crippen LogP contribution < -0.4 is 0 Å². The third-order valence-electron chi connectivity index (χ3n) is 3.58. The van der Waals surface area contributed by atoms with Crippen molar-refractivity contribution in [2.24, 2.45) is 0 Å². The molecule has 25 heavy (non-hydrogen) atoms. The van der Waals surface area contributed by atoms with Crippen molar-refractivity contribution in [3.05, 3.63) is 65.3 Å². The normalized spacial score (nSPS) is 11.6. The van der Waals surface area contributed by atoms with Crippen LogP contribution in [0.1, 0.15) is 49.0 Å². The second-order valence-corrected chi connectivity index (χ2v) is 5.91. The zero-order chi connectivity index (χ0) is 18.4. The first-order valence-corrected chi connectivity index (χ1v) is 8.33. The van der Waals surface area contributed by atoms with Crippen molar-refractivity contribution in [1.82, 2.24) is 10.1 Å². The largest absolute Gasteiger partial charge is 0.508 e. The standard InChI is InChI=1S/C17H16N2O3.C3H8/c1-10-16(11(2)22-19-10)13-6-14(8-15(20)7-13)17(21)12-4-3-5-18-9-12;1-3-2/h3-9,17,20-21H,1-2H3;3H2,1-2H3. The smallest absolute Gasteiger partial charge is 0.141 e. The van der Waals surface area contributed by atoms with E-state index in [9.17, 15) is 10.2 Å². The van der Waals surface area contributed by atoms with Gasteiger partial charge in [-0.2, -0.15) is 0 Å². The first kappa shape index (κ1) is 18.7. The van der Waals surface area contributed by atoms with Gasteiger partial charge in [0.2, 0.25) is 0 Å². The Labute approximate surface area is 148 Å². The summed E-state index contributed by atoms with van der Waals surface area (Å²) in [5.74, 6) is 0.750. The molecule has 132 valence electrons. The maximum Gasteiger partial charge on any atom is 0.141 e. The second kappa shape index (κ2) is 8.44. The number of aliphatic hydroxyl groups excluding tert-OH is 1. The lowest BCUT2D eigenvalue weighted by Gasteiger charge is -2.13. The van der Waals surface area contributed by atoms with Crippen LogP contribution in [0, 0.1) is 13.8 Å². The van der Waals surface area contributed by atoms with Crippen LogP contribution in [0.15, 0.2) is 47.2 Å². The van der Waals surface area contributed by atoms with Crippen LogP contribution in [0.25, 0.3) is 11.1 Å². The number of phenolic OH excluding ortho intramolecular Hbond substituents is 1. The fraction of sp³-hybridized carbons (Fsp3) is 0.300. The van der Waals surface area contributed by atoms with E-state index in [2.05, 4.69) is 24.0 Å². The van der Waals surface area contributed by atoms with Gasteiger partial charge >= 0.3 is 0 Å². The van der Waals surface area contributed by atoms with Gasteiger partial charge in [0.15, 0.2) is 0 Å². The molecular weight excluding hydrogens is 316 g/mol. The van der Waals surface area contributed by atoms with Gasteiger partial charge in [-0.3, -0.25) is 4.98 Å². The quantitative estimate of drug-likeness (QED) is 0.731. The van der Waals surface area contributed by atoms with Crippen molar-refractivity contribution in [3.63, 3.8) is 0 Å². The molecule has 3 aromatic rings. The Balaban J connectivity index is 0.000000701. The Kier molecular flexibility index (Phi) is 6.31. The fourth-order valence-corrected chi connectivity index (χ4v) is 2.56. The van der Waals surface area contributed by atoms with Crippen LogP contribution >= 0.6 is 0 Å². The van der Waals surface area contributed by atoms with Gasteiger partial charge in [-0.15, -0.1) is 0 Å². The van der Waals surface area contributed by atoms with Gasteiger partial charge in [0.25, 0.3) is 0 Å². The Hall–Kier alpha value is -2.66. The molecule has 2 aromatic heterocycles. The monoisotopic (exact) mass is 340 g/mol. The number of benzene rings is 1. The summed E-state index contributed by atoms with van der Waals surface area (Å²) in [5, 5.41) is 24.4. The number of aliphatic hydroxyl groups is 1. The van der Waals surface area contributed by atoms with Crippen LogP contribution in [-0.2, 0) is 0 Å². The molecule has 0 aliphatic heterocycles. The highest BCUT2D eigenvalue weighted by Crippen LogP contribution is 2.33. The van der Waals surface area contributed by atoms with Gasteiger partial charge in [0.05, 0.1) is 5.69 Å². The maximum absolute atomic E-state index is 10.5. The highest BCUT2D eigenvalue weighted by molar-refractivity contribution is 5.70. The molecule has 0 aliphatic carbocycles. The van der Waals surface area contributed by atoms with Gasteiger partial charge < -0.3 is 14.7 Å². The van der Waals surface area contributed by atoms with Crippen LogP contribution in [0.3, 0.4) is 0 Å². The van der Waals surface area contributed by atoms with Gasteiger partial charge in [0, 0.05) is 23.5 Å². The van der Waals surface area contributed by atoms with Gasteiger partial charge in [-0.25, -0.2) is 0 Å². The van der Waals surface area contributed by atoms with Crippen LogP contribution in [-0.4, -0.2) is 20.4 Å². The third-order valence-corrected chi connectivity index (χ3v) is 3.58. The number of hydrogen-bond acceptors (Lipinski definition) is 5. The van der Waals surface area contributed by atoms with E-state index in [1.54, 1.807) is 36.7 Å². The van der Waals surface area contributed by atoms with Crippen molar-refractivity contribution in [1.29, 1.82) is 0 Å². The summed E-state index contributed by atoms with van der Waals surface area (Å²) < 4.78 is 5.17. The summed E-state index contributed by atoms with van der Waals surface area (Å²) in [5.41, 5.74) is 3.58. The molecule has 1 aromatic carbocycles. The molecule has 0 amide bonds. The Bertz CT molecular complexity index is 794. The molecule has 2 heterocycles. The molecule has 0 fully saturated rings. The lowest BCUT2D eigenvalue weighted by atomic mass is 9.96. The molecule has 5 nitrogen and oxygen atoms in total. The molecule has 1 unspecified atom stereocenters. The number of nitrogens with zero attached hydrogens (tertiary/aromatic N) is 2. The molecule has 5 heteroatoms. The molecule has 0 aliphatic rings. The summed E-state index contributed by atoms with van der Waals surface area (Å²) in [4.78, 5) is 4.01. The fourth-order valence-electron chi connectivity index (χ4n) is 2.56. The van der Waals surface area contributed by atoms with E-state index in [1.807, 2.05) is 19.9 Å². The first-order valence-electron chi connectivity index (χ1n) is 8.33. The molecule has 0 saturated carbocycles. The van der Waals surface area contributed by atoms with Crippen molar-refractivity contribution in [2.75, 3.05) is 0 Å². The molecule has 3 rings (SSSR count). The lowest BCUT2D eigenvalue weighted by Crippen LogP contribution is -2.00. The van der Waals surface area contributed by atoms with Gasteiger partial charge in [0.1, 0.15) is 17.6 Å². The average molecular weight is 340 g/mol. The summed E-state index contributed by atoms with van der Waals surface area (Å²) >= 11 is 0. The molecule has 1 atom stereocenters. The van der Waals surface area contributed by atoms with E-state index < -0.39 is 6.10 Å². The van der Waals surface area contributed by atoms with Crippen molar-refractivity contribution < 1.29 is 14.7 Å². The number of phenols is 1. The maximum atomic E-state index is 10.5. The summed E-state index contributed by atoms with van der Waals surface area (Å²) in [6.45, 7) is 7.91. The molecule has 0 radical (unpaired) electrons. The topological polar surface area (TPSA) is 79.4 Å². The number of pyridine rings is 1. The van der Waals surface area contributed by atoms with E-state index in [-0.39, 0.29) is 5.75 Å². The van der Waals surface area contributed by atoms with Crippen molar-refractivity contribution in [2.45, 2.75) is 40.2 Å². The lowest BCUT2D eigenvalue weighted by molar-refractivity contribution is 0.219. The van der Waals surface area contributed by atoms with Crippen molar-refractivity contribution in [3.8, 4) is 16.9 Å². The zero-order valence-electron chi connectivity index (χ0n) is 15.0. The highest BCUT2D eigenvalue weighted by Gasteiger charge is 2.17. The van der Waals surface area contributed by atoms with Gasteiger partial charge in [-0.05, 0) is 49.2 Å². The Morgan fingerprint density at radius 1 is 1.12 bits per heavy atom. The van der Waals surface area contributed by atoms with Crippen LogP contribution in [0.2, 0.25) is 0 Å².